The Kier molecular flexibility index (Phi) is 5.48. The molecule has 0 saturated carbocycles. The molecule has 6 heteroatoms. The molecule has 0 radical (unpaired) electrons. The van der Waals surface area contributed by atoms with E-state index in [-0.39, 0.29) is 12.5 Å². The first-order valence-electron chi connectivity index (χ1n) is 8.11. The third-order valence-corrected chi connectivity index (χ3v) is 4.83. The van der Waals surface area contributed by atoms with Crippen molar-refractivity contribution in [3.05, 3.63) is 52.0 Å². The van der Waals surface area contributed by atoms with Gasteiger partial charge >= 0.3 is 0 Å². The third kappa shape index (κ3) is 4.07. The van der Waals surface area contributed by atoms with Crippen LogP contribution in [-0.4, -0.2) is 38.1 Å². The molecule has 132 valence electrons. The monoisotopic (exact) mass is 404 g/mol. The van der Waals surface area contributed by atoms with Gasteiger partial charge in [0.15, 0.2) is 11.5 Å². The largest absolute Gasteiger partial charge is 0.493 e. The molecule has 3 rings (SSSR count). The van der Waals surface area contributed by atoms with Gasteiger partial charge in [0.2, 0.25) is 5.91 Å². The van der Waals surface area contributed by atoms with Gasteiger partial charge < -0.3 is 19.7 Å². The number of nitrogens with one attached hydrogen (secondary N) is 1. The molecule has 2 aromatic rings. The zero-order valence-corrected chi connectivity index (χ0v) is 15.9. The Balaban J connectivity index is 1.66. The number of amides is 1. The van der Waals surface area contributed by atoms with Crippen LogP contribution in [0.4, 0.5) is 5.69 Å². The highest BCUT2D eigenvalue weighted by Crippen LogP contribution is 2.33. The number of hydrogen-bond donors (Lipinski definition) is 1. The number of nitrogens with zero attached hydrogens (tertiary/aromatic N) is 1. The first-order valence-corrected chi connectivity index (χ1v) is 8.91. The van der Waals surface area contributed by atoms with Crippen molar-refractivity contribution in [3.8, 4) is 11.5 Å². The van der Waals surface area contributed by atoms with Gasteiger partial charge in [-0.2, -0.15) is 0 Å². The van der Waals surface area contributed by atoms with Gasteiger partial charge in [0.1, 0.15) is 0 Å². The number of ether oxygens (including phenoxy) is 2. The van der Waals surface area contributed by atoms with Crippen molar-refractivity contribution in [2.24, 2.45) is 0 Å². The Morgan fingerprint density at radius 2 is 1.88 bits per heavy atom. The molecule has 5 nitrogen and oxygen atoms in total. The Hall–Kier alpha value is -2.21. The molecule has 0 unspecified atom stereocenters. The predicted octanol–water partition coefficient (Wildman–Crippen LogP) is 3.46. The van der Waals surface area contributed by atoms with Gasteiger partial charge in [-0.25, -0.2) is 0 Å². The maximum atomic E-state index is 12.5. The summed E-state index contributed by atoms with van der Waals surface area (Å²) in [5.74, 6) is 1.51. The lowest BCUT2D eigenvalue weighted by atomic mass is 9.98. The Labute approximate surface area is 156 Å². The molecular weight excluding hydrogens is 384 g/mol. The number of fused-ring (bicyclic) bond motifs is 1. The minimum absolute atomic E-state index is 0.0837. The highest BCUT2D eigenvalue weighted by Gasteiger charge is 2.22. The minimum atomic E-state index is 0.0837. The summed E-state index contributed by atoms with van der Waals surface area (Å²) in [6.45, 7) is 1.58. The van der Waals surface area contributed by atoms with E-state index in [0.29, 0.717) is 18.8 Å². The molecule has 0 aromatic heterocycles. The molecule has 0 bridgehead atoms. The van der Waals surface area contributed by atoms with E-state index in [1.807, 2.05) is 41.3 Å². The van der Waals surface area contributed by atoms with E-state index in [1.165, 1.54) is 5.56 Å². The Morgan fingerprint density at radius 1 is 1.16 bits per heavy atom. The number of anilines is 1. The number of rotatable bonds is 5. The van der Waals surface area contributed by atoms with E-state index >= 15 is 0 Å². The normalized spacial score (nSPS) is 13.2. The fraction of sp³-hybridized carbons (Fsp3) is 0.316. The minimum Gasteiger partial charge on any atom is -0.493 e. The fourth-order valence-electron chi connectivity index (χ4n) is 2.98. The summed E-state index contributed by atoms with van der Waals surface area (Å²) in [5, 5.41) is 3.18. The summed E-state index contributed by atoms with van der Waals surface area (Å²) in [4.78, 5) is 14.4. The molecule has 0 spiro atoms. The number of methoxy groups -OCH3 is 2. The topological polar surface area (TPSA) is 50.8 Å². The van der Waals surface area contributed by atoms with Crippen LogP contribution < -0.4 is 14.8 Å². The first-order chi connectivity index (χ1) is 12.1. The second-order valence-electron chi connectivity index (χ2n) is 5.91. The summed E-state index contributed by atoms with van der Waals surface area (Å²) in [7, 11) is 3.26. The van der Waals surface area contributed by atoms with Gasteiger partial charge in [-0.15, -0.1) is 0 Å². The number of carbonyl (C=O) groups excluding carboxylic acids is 1. The van der Waals surface area contributed by atoms with Crippen molar-refractivity contribution in [2.75, 3.05) is 32.6 Å². The van der Waals surface area contributed by atoms with Crippen LogP contribution >= 0.6 is 15.9 Å². The van der Waals surface area contributed by atoms with Gasteiger partial charge in [-0.1, -0.05) is 22.0 Å². The first kappa shape index (κ1) is 17.6. The van der Waals surface area contributed by atoms with Crippen LogP contribution in [-0.2, 0) is 17.8 Å². The molecule has 1 N–H and O–H groups in total. The van der Waals surface area contributed by atoms with Gasteiger partial charge in [-0.3, -0.25) is 4.79 Å². The van der Waals surface area contributed by atoms with E-state index in [4.69, 9.17) is 9.47 Å². The molecule has 1 aliphatic rings. The van der Waals surface area contributed by atoms with E-state index in [0.717, 1.165) is 27.9 Å². The van der Waals surface area contributed by atoms with Gasteiger partial charge in [0.05, 0.1) is 20.8 Å². The Bertz CT molecular complexity index is 779. The second kappa shape index (κ2) is 7.78. The van der Waals surface area contributed by atoms with Gasteiger partial charge in [0, 0.05) is 23.2 Å². The summed E-state index contributed by atoms with van der Waals surface area (Å²) >= 11 is 3.43. The van der Waals surface area contributed by atoms with Crippen LogP contribution in [0, 0.1) is 0 Å². The number of carbonyl (C=O) groups is 1. The standard InChI is InChI=1S/C19H21BrN2O3/c1-24-17-8-13-6-7-22(12-14(13)9-18(17)25-2)19(23)11-21-16-5-3-4-15(20)10-16/h3-5,8-10,21H,6-7,11-12H2,1-2H3. The summed E-state index contributed by atoms with van der Waals surface area (Å²) in [6.07, 6.45) is 0.818. The smallest absolute Gasteiger partial charge is 0.242 e. The molecule has 1 amide bonds. The Morgan fingerprint density at radius 3 is 2.56 bits per heavy atom. The quantitative estimate of drug-likeness (QED) is 0.828. The van der Waals surface area contributed by atoms with Crippen LogP contribution in [0.2, 0.25) is 0 Å². The van der Waals surface area contributed by atoms with Crippen molar-refractivity contribution in [3.63, 3.8) is 0 Å². The molecule has 2 aromatic carbocycles. The lowest BCUT2D eigenvalue weighted by Gasteiger charge is -2.30. The van der Waals surface area contributed by atoms with Crippen molar-refractivity contribution in [2.45, 2.75) is 13.0 Å². The van der Waals surface area contributed by atoms with Crippen LogP contribution in [0.1, 0.15) is 11.1 Å². The van der Waals surface area contributed by atoms with Crippen molar-refractivity contribution in [1.29, 1.82) is 0 Å². The van der Waals surface area contributed by atoms with E-state index < -0.39 is 0 Å². The number of hydrogen-bond acceptors (Lipinski definition) is 4. The molecule has 0 saturated heterocycles. The van der Waals surface area contributed by atoms with Crippen molar-refractivity contribution in [1.82, 2.24) is 4.90 Å². The molecule has 0 aliphatic carbocycles. The molecule has 1 heterocycles. The lowest BCUT2D eigenvalue weighted by molar-refractivity contribution is -0.130. The van der Waals surface area contributed by atoms with Crippen LogP contribution in [0.15, 0.2) is 40.9 Å². The molecular formula is C19H21BrN2O3. The third-order valence-electron chi connectivity index (χ3n) is 4.34. The zero-order valence-electron chi connectivity index (χ0n) is 14.3. The predicted molar refractivity (Wildman–Crippen MR) is 101 cm³/mol. The highest BCUT2D eigenvalue weighted by atomic mass is 79.9. The molecule has 25 heavy (non-hydrogen) atoms. The van der Waals surface area contributed by atoms with E-state index in [2.05, 4.69) is 21.2 Å². The van der Waals surface area contributed by atoms with Gasteiger partial charge in [-0.05, 0) is 47.9 Å². The van der Waals surface area contributed by atoms with Crippen molar-refractivity contribution < 1.29 is 14.3 Å². The number of halogens is 1. The SMILES string of the molecule is COc1cc2c(cc1OC)CN(C(=O)CNc1cccc(Br)c1)CC2. The summed E-state index contributed by atoms with van der Waals surface area (Å²) < 4.78 is 11.7. The van der Waals surface area contributed by atoms with Crippen LogP contribution in [0.5, 0.6) is 11.5 Å². The zero-order chi connectivity index (χ0) is 17.8. The second-order valence-corrected chi connectivity index (χ2v) is 6.82. The maximum absolute atomic E-state index is 12.5. The molecule has 0 fully saturated rings. The fourth-order valence-corrected chi connectivity index (χ4v) is 3.38. The van der Waals surface area contributed by atoms with E-state index in [1.54, 1.807) is 14.2 Å². The summed E-state index contributed by atoms with van der Waals surface area (Å²) in [5.41, 5.74) is 3.24. The number of benzene rings is 2. The maximum Gasteiger partial charge on any atom is 0.242 e. The molecule has 1 aliphatic heterocycles. The van der Waals surface area contributed by atoms with Crippen LogP contribution in [0.25, 0.3) is 0 Å². The average molecular weight is 405 g/mol. The lowest BCUT2D eigenvalue weighted by Crippen LogP contribution is -2.39. The summed E-state index contributed by atoms with van der Waals surface area (Å²) in [6, 6.07) is 11.8. The van der Waals surface area contributed by atoms with Crippen molar-refractivity contribution >= 4 is 27.5 Å². The average Bonchev–Trinajstić information content (AvgIpc) is 2.64. The van der Waals surface area contributed by atoms with E-state index in [9.17, 15) is 4.79 Å². The molecule has 0 atom stereocenters. The van der Waals surface area contributed by atoms with Crippen LogP contribution in [0.3, 0.4) is 0 Å². The van der Waals surface area contributed by atoms with Gasteiger partial charge in [0.25, 0.3) is 0 Å². The highest BCUT2D eigenvalue weighted by molar-refractivity contribution is 9.10.